The van der Waals surface area contributed by atoms with Crippen molar-refractivity contribution in [3.05, 3.63) is 29.8 Å². The van der Waals surface area contributed by atoms with Gasteiger partial charge >= 0.3 is 0 Å². The Morgan fingerprint density at radius 2 is 1.70 bits per heavy atom. The molecule has 0 aliphatic carbocycles. The number of Topliss-reactive ketones (excluding diaryl/α,β-unsaturated/α-hetero) is 1. The number of hydrogen-bond acceptors (Lipinski definition) is 3. The Kier molecular flexibility index (Phi) is 5.31. The summed E-state index contributed by atoms with van der Waals surface area (Å²) in [5.41, 5.74) is 0.0743. The smallest absolute Gasteiger partial charge is 0.251 e. The van der Waals surface area contributed by atoms with Crippen molar-refractivity contribution < 1.29 is 14.3 Å². The molecule has 0 unspecified atom stereocenters. The molecule has 0 aliphatic rings. The second-order valence-corrected chi connectivity index (χ2v) is 6.05. The van der Waals surface area contributed by atoms with E-state index in [0.717, 1.165) is 5.75 Å². The maximum Gasteiger partial charge on any atom is 0.251 e. The highest BCUT2D eigenvalue weighted by molar-refractivity contribution is 5.97. The van der Waals surface area contributed by atoms with Gasteiger partial charge in [0.25, 0.3) is 5.91 Å². The van der Waals surface area contributed by atoms with Gasteiger partial charge in [-0.25, -0.2) is 0 Å². The number of rotatable bonds is 5. The Labute approximate surface area is 120 Å². The van der Waals surface area contributed by atoms with E-state index in [1.807, 2.05) is 34.6 Å². The summed E-state index contributed by atoms with van der Waals surface area (Å²) < 4.78 is 5.51. The molecule has 0 atom stereocenters. The third kappa shape index (κ3) is 5.03. The van der Waals surface area contributed by atoms with Crippen molar-refractivity contribution in [2.45, 2.75) is 40.7 Å². The Bertz CT molecular complexity index is 469. The molecule has 0 bridgehead atoms. The summed E-state index contributed by atoms with van der Waals surface area (Å²) in [6, 6.07) is 6.88. The summed E-state index contributed by atoms with van der Waals surface area (Å²) in [5.74, 6) is 0.478. The van der Waals surface area contributed by atoms with Gasteiger partial charge in [0, 0.05) is 11.0 Å². The average molecular weight is 277 g/mol. The zero-order chi connectivity index (χ0) is 15.3. The van der Waals surface area contributed by atoms with Crippen LogP contribution in [0.1, 0.15) is 45.0 Å². The number of amides is 1. The molecule has 20 heavy (non-hydrogen) atoms. The third-order valence-electron chi connectivity index (χ3n) is 2.73. The molecule has 1 aromatic carbocycles. The van der Waals surface area contributed by atoms with Crippen molar-refractivity contribution in [2.24, 2.45) is 5.41 Å². The second kappa shape index (κ2) is 6.55. The van der Waals surface area contributed by atoms with E-state index in [1.165, 1.54) is 0 Å². The van der Waals surface area contributed by atoms with E-state index >= 15 is 0 Å². The van der Waals surface area contributed by atoms with Gasteiger partial charge in [-0.2, -0.15) is 0 Å². The Hall–Kier alpha value is -1.84. The number of ether oxygens (including phenoxy) is 1. The van der Waals surface area contributed by atoms with Gasteiger partial charge in [0.2, 0.25) is 0 Å². The highest BCUT2D eigenvalue weighted by Crippen LogP contribution is 2.15. The molecule has 110 valence electrons. The van der Waals surface area contributed by atoms with E-state index in [9.17, 15) is 9.59 Å². The molecule has 1 N–H and O–H groups in total. The lowest BCUT2D eigenvalue weighted by Gasteiger charge is -2.16. The average Bonchev–Trinajstić information content (AvgIpc) is 2.34. The molecule has 0 fully saturated rings. The zero-order valence-corrected chi connectivity index (χ0v) is 12.8. The summed E-state index contributed by atoms with van der Waals surface area (Å²) in [4.78, 5) is 23.6. The van der Waals surface area contributed by atoms with Crippen molar-refractivity contribution in [1.82, 2.24) is 5.32 Å². The van der Waals surface area contributed by atoms with Crippen LogP contribution in [-0.2, 0) is 4.79 Å². The van der Waals surface area contributed by atoms with Crippen LogP contribution in [0, 0.1) is 5.41 Å². The standard InChI is InChI=1S/C16H23NO3/c1-11(2)20-13-8-6-12(7-9-13)15(19)17-10-14(18)16(3,4)5/h6-9,11H,10H2,1-5H3,(H,17,19). The highest BCUT2D eigenvalue weighted by atomic mass is 16.5. The SMILES string of the molecule is CC(C)Oc1ccc(C(=O)NCC(=O)C(C)(C)C)cc1. The molecule has 4 nitrogen and oxygen atoms in total. The quantitative estimate of drug-likeness (QED) is 0.900. The molecule has 0 spiro atoms. The van der Waals surface area contributed by atoms with Gasteiger partial charge < -0.3 is 10.1 Å². The summed E-state index contributed by atoms with van der Waals surface area (Å²) in [7, 11) is 0. The van der Waals surface area contributed by atoms with Gasteiger partial charge in [-0.1, -0.05) is 20.8 Å². The third-order valence-corrected chi connectivity index (χ3v) is 2.73. The van der Waals surface area contributed by atoms with Crippen molar-refractivity contribution in [1.29, 1.82) is 0 Å². The van der Waals surface area contributed by atoms with Crippen LogP contribution in [0.15, 0.2) is 24.3 Å². The van der Waals surface area contributed by atoms with Gasteiger partial charge in [0.15, 0.2) is 5.78 Å². The number of hydrogen-bond donors (Lipinski definition) is 1. The normalized spacial score (nSPS) is 11.3. The Morgan fingerprint density at radius 3 is 2.15 bits per heavy atom. The van der Waals surface area contributed by atoms with Crippen LogP contribution in [0.5, 0.6) is 5.75 Å². The minimum Gasteiger partial charge on any atom is -0.491 e. The van der Waals surface area contributed by atoms with Crippen LogP contribution in [-0.4, -0.2) is 24.3 Å². The largest absolute Gasteiger partial charge is 0.491 e. The van der Waals surface area contributed by atoms with Gasteiger partial charge in [-0.15, -0.1) is 0 Å². The van der Waals surface area contributed by atoms with Crippen LogP contribution in [0.3, 0.4) is 0 Å². The topological polar surface area (TPSA) is 55.4 Å². The molecule has 1 aromatic rings. The summed E-state index contributed by atoms with van der Waals surface area (Å²) in [6.45, 7) is 9.43. The number of nitrogens with one attached hydrogen (secondary N) is 1. The maximum atomic E-state index is 11.9. The molecular formula is C16H23NO3. The highest BCUT2D eigenvalue weighted by Gasteiger charge is 2.21. The first-order valence-electron chi connectivity index (χ1n) is 6.78. The van der Waals surface area contributed by atoms with Crippen LogP contribution in [0.4, 0.5) is 0 Å². The van der Waals surface area contributed by atoms with E-state index in [-0.39, 0.29) is 24.3 Å². The molecule has 0 aliphatic heterocycles. The molecule has 0 saturated heterocycles. The number of carbonyl (C=O) groups is 2. The summed E-state index contributed by atoms with van der Waals surface area (Å²) >= 11 is 0. The first-order valence-corrected chi connectivity index (χ1v) is 6.78. The van der Waals surface area contributed by atoms with Gasteiger partial charge in [-0.3, -0.25) is 9.59 Å². The second-order valence-electron chi connectivity index (χ2n) is 6.05. The molecule has 1 amide bonds. The van der Waals surface area contributed by atoms with Crippen LogP contribution in [0.25, 0.3) is 0 Å². The molecular weight excluding hydrogens is 254 g/mol. The minimum absolute atomic E-state index is 0.00520. The number of ketones is 1. The van der Waals surface area contributed by atoms with Crippen molar-refractivity contribution in [3.63, 3.8) is 0 Å². The lowest BCUT2D eigenvalue weighted by Crippen LogP contribution is -2.35. The Morgan fingerprint density at radius 1 is 1.15 bits per heavy atom. The monoisotopic (exact) mass is 277 g/mol. The van der Waals surface area contributed by atoms with Crippen molar-refractivity contribution in [3.8, 4) is 5.75 Å². The van der Waals surface area contributed by atoms with E-state index in [4.69, 9.17) is 4.74 Å². The predicted molar refractivity (Wildman–Crippen MR) is 79.0 cm³/mol. The van der Waals surface area contributed by atoms with Gasteiger partial charge in [0.1, 0.15) is 5.75 Å². The molecule has 0 heterocycles. The number of benzene rings is 1. The fraction of sp³-hybridized carbons (Fsp3) is 0.500. The minimum atomic E-state index is -0.442. The summed E-state index contributed by atoms with van der Waals surface area (Å²) in [6.07, 6.45) is 0.0964. The van der Waals surface area contributed by atoms with Crippen LogP contribution in [0.2, 0.25) is 0 Å². The fourth-order valence-corrected chi connectivity index (χ4v) is 1.48. The van der Waals surface area contributed by atoms with Crippen molar-refractivity contribution >= 4 is 11.7 Å². The van der Waals surface area contributed by atoms with Gasteiger partial charge in [-0.05, 0) is 38.1 Å². The molecule has 4 heteroatoms. The van der Waals surface area contributed by atoms with Crippen LogP contribution < -0.4 is 10.1 Å². The van der Waals surface area contributed by atoms with E-state index in [0.29, 0.717) is 5.56 Å². The molecule has 0 saturated carbocycles. The van der Waals surface area contributed by atoms with E-state index in [2.05, 4.69) is 5.32 Å². The van der Waals surface area contributed by atoms with E-state index < -0.39 is 5.41 Å². The number of carbonyl (C=O) groups excluding carboxylic acids is 2. The fourth-order valence-electron chi connectivity index (χ4n) is 1.48. The first-order chi connectivity index (χ1) is 9.20. The van der Waals surface area contributed by atoms with E-state index in [1.54, 1.807) is 24.3 Å². The maximum absolute atomic E-state index is 11.9. The van der Waals surface area contributed by atoms with Crippen molar-refractivity contribution in [2.75, 3.05) is 6.54 Å². The zero-order valence-electron chi connectivity index (χ0n) is 12.8. The molecule has 1 rings (SSSR count). The lowest BCUT2D eigenvalue weighted by molar-refractivity contribution is -0.125. The summed E-state index contributed by atoms with van der Waals surface area (Å²) in [5, 5.41) is 2.64. The lowest BCUT2D eigenvalue weighted by atomic mass is 9.91. The van der Waals surface area contributed by atoms with Gasteiger partial charge in [0.05, 0.1) is 12.6 Å². The Balaban J connectivity index is 2.58. The first kappa shape index (κ1) is 16.2. The molecule has 0 aromatic heterocycles. The predicted octanol–water partition coefficient (Wildman–Crippen LogP) is 2.82. The molecule has 0 radical (unpaired) electrons. The van der Waals surface area contributed by atoms with Crippen LogP contribution >= 0.6 is 0 Å².